The van der Waals surface area contributed by atoms with Gasteiger partial charge >= 0.3 is 6.03 Å². The van der Waals surface area contributed by atoms with Crippen LogP contribution in [0.2, 0.25) is 0 Å². The summed E-state index contributed by atoms with van der Waals surface area (Å²) in [5.41, 5.74) is 1.89. The molecule has 0 spiro atoms. The molecule has 0 saturated carbocycles. The molecule has 0 unspecified atom stereocenters. The number of amides is 3. The zero-order valence-electron chi connectivity index (χ0n) is 13.0. The van der Waals surface area contributed by atoms with Crippen LogP contribution in [0.4, 0.5) is 9.18 Å². The number of urea groups is 1. The van der Waals surface area contributed by atoms with Gasteiger partial charge in [0.2, 0.25) is 5.91 Å². The van der Waals surface area contributed by atoms with Gasteiger partial charge in [0.1, 0.15) is 5.82 Å². The predicted molar refractivity (Wildman–Crippen MR) is 81.9 cm³/mol. The number of hydrogen-bond donors (Lipinski definition) is 2. The van der Waals surface area contributed by atoms with Crippen LogP contribution >= 0.6 is 0 Å². The lowest BCUT2D eigenvalue weighted by Crippen LogP contribution is -2.44. The third kappa shape index (κ3) is 3.75. The summed E-state index contributed by atoms with van der Waals surface area (Å²) >= 11 is 0. The normalized spacial score (nSPS) is 16.0. The standard InChI is InChI=1S/C16H22FN3O2/c1-3-20(4-2)15(21)10-18-16(22)19-14-8-5-11-9-12(17)6-7-13(11)14/h6-7,9,14H,3-5,8,10H2,1-2H3,(H2,18,19,22)/t14-/m0/s1. The topological polar surface area (TPSA) is 61.4 Å². The number of likely N-dealkylation sites (N-methyl/N-ethyl adjacent to an activating group) is 1. The van der Waals surface area contributed by atoms with Crippen LogP contribution in [0.5, 0.6) is 0 Å². The van der Waals surface area contributed by atoms with Crippen molar-refractivity contribution in [1.82, 2.24) is 15.5 Å². The summed E-state index contributed by atoms with van der Waals surface area (Å²) in [5, 5.41) is 5.43. The van der Waals surface area contributed by atoms with Crippen molar-refractivity contribution in [2.24, 2.45) is 0 Å². The maximum Gasteiger partial charge on any atom is 0.315 e. The van der Waals surface area contributed by atoms with Crippen LogP contribution in [0.1, 0.15) is 37.4 Å². The second-order valence-corrected chi connectivity index (χ2v) is 5.33. The van der Waals surface area contributed by atoms with E-state index in [2.05, 4.69) is 10.6 Å². The lowest BCUT2D eigenvalue weighted by molar-refractivity contribution is -0.129. The Morgan fingerprint density at radius 1 is 1.32 bits per heavy atom. The maximum atomic E-state index is 13.2. The monoisotopic (exact) mass is 307 g/mol. The Kier molecular flexibility index (Phi) is 5.35. The number of nitrogens with zero attached hydrogens (tertiary/aromatic N) is 1. The van der Waals surface area contributed by atoms with Gasteiger partial charge in [-0.15, -0.1) is 0 Å². The Labute approximate surface area is 129 Å². The Hall–Kier alpha value is -2.11. The fourth-order valence-electron chi connectivity index (χ4n) is 2.79. The number of nitrogens with one attached hydrogen (secondary N) is 2. The fraction of sp³-hybridized carbons (Fsp3) is 0.500. The van der Waals surface area contributed by atoms with Crippen LogP contribution in [0.3, 0.4) is 0 Å². The number of aryl methyl sites for hydroxylation is 1. The van der Waals surface area contributed by atoms with Gasteiger partial charge in [-0.2, -0.15) is 0 Å². The van der Waals surface area contributed by atoms with Crippen molar-refractivity contribution in [2.75, 3.05) is 19.6 Å². The molecule has 1 aromatic rings. The van der Waals surface area contributed by atoms with Gasteiger partial charge < -0.3 is 15.5 Å². The molecule has 5 nitrogen and oxygen atoms in total. The van der Waals surface area contributed by atoms with E-state index in [1.54, 1.807) is 11.0 Å². The molecule has 2 rings (SSSR count). The van der Waals surface area contributed by atoms with E-state index in [0.29, 0.717) is 13.1 Å². The van der Waals surface area contributed by atoms with Crippen molar-refractivity contribution >= 4 is 11.9 Å². The van der Waals surface area contributed by atoms with E-state index < -0.39 is 0 Å². The van der Waals surface area contributed by atoms with E-state index >= 15 is 0 Å². The summed E-state index contributed by atoms with van der Waals surface area (Å²) in [6, 6.07) is 4.13. The summed E-state index contributed by atoms with van der Waals surface area (Å²) < 4.78 is 13.2. The van der Waals surface area contributed by atoms with Crippen molar-refractivity contribution in [3.63, 3.8) is 0 Å². The van der Waals surface area contributed by atoms with E-state index in [1.165, 1.54) is 12.1 Å². The molecule has 120 valence electrons. The molecule has 22 heavy (non-hydrogen) atoms. The summed E-state index contributed by atoms with van der Waals surface area (Å²) in [6.45, 7) is 5.03. The van der Waals surface area contributed by atoms with Gasteiger partial charge in [-0.25, -0.2) is 9.18 Å². The maximum absolute atomic E-state index is 13.2. The highest BCUT2D eigenvalue weighted by molar-refractivity contribution is 5.84. The van der Waals surface area contributed by atoms with Crippen molar-refractivity contribution in [1.29, 1.82) is 0 Å². The number of hydrogen-bond acceptors (Lipinski definition) is 2. The molecular weight excluding hydrogens is 285 g/mol. The van der Waals surface area contributed by atoms with Gasteiger partial charge in [-0.05, 0) is 49.9 Å². The van der Waals surface area contributed by atoms with Gasteiger partial charge in [-0.1, -0.05) is 6.07 Å². The lowest BCUT2D eigenvalue weighted by atomic mass is 10.1. The van der Waals surface area contributed by atoms with E-state index in [4.69, 9.17) is 0 Å². The van der Waals surface area contributed by atoms with E-state index in [1.807, 2.05) is 13.8 Å². The summed E-state index contributed by atoms with van der Waals surface area (Å²) in [6.07, 6.45) is 1.49. The first-order chi connectivity index (χ1) is 10.5. The molecule has 0 fully saturated rings. The number of carbonyl (C=O) groups excluding carboxylic acids is 2. The highest BCUT2D eigenvalue weighted by Gasteiger charge is 2.24. The Morgan fingerprint density at radius 3 is 2.73 bits per heavy atom. The number of fused-ring (bicyclic) bond motifs is 1. The summed E-state index contributed by atoms with van der Waals surface area (Å²) in [4.78, 5) is 25.4. The third-order valence-electron chi connectivity index (χ3n) is 4.00. The highest BCUT2D eigenvalue weighted by Crippen LogP contribution is 2.31. The Balaban J connectivity index is 1.85. The predicted octanol–water partition coefficient (Wildman–Crippen LogP) is 1.98. The van der Waals surface area contributed by atoms with Crippen LogP contribution in [-0.4, -0.2) is 36.5 Å². The molecule has 2 N–H and O–H groups in total. The van der Waals surface area contributed by atoms with Gasteiger partial charge in [0.15, 0.2) is 0 Å². The Bertz CT molecular complexity index is 558. The highest BCUT2D eigenvalue weighted by atomic mass is 19.1. The summed E-state index contributed by atoms with van der Waals surface area (Å²) in [7, 11) is 0. The average molecular weight is 307 g/mol. The molecule has 1 atom stereocenters. The van der Waals surface area contributed by atoms with Gasteiger partial charge in [-0.3, -0.25) is 4.79 Å². The number of benzene rings is 1. The molecule has 0 saturated heterocycles. The van der Waals surface area contributed by atoms with Gasteiger partial charge in [0.25, 0.3) is 0 Å². The zero-order valence-corrected chi connectivity index (χ0v) is 13.0. The lowest BCUT2D eigenvalue weighted by Gasteiger charge is -2.19. The molecule has 3 amide bonds. The van der Waals surface area contributed by atoms with Crippen molar-refractivity contribution in [3.05, 3.63) is 35.1 Å². The van der Waals surface area contributed by atoms with Gasteiger partial charge in [0.05, 0.1) is 12.6 Å². The molecule has 0 aliphatic heterocycles. The summed E-state index contributed by atoms with van der Waals surface area (Å²) in [5.74, 6) is -0.359. The molecule has 0 aromatic heterocycles. The van der Waals surface area contributed by atoms with Crippen LogP contribution in [-0.2, 0) is 11.2 Å². The SMILES string of the molecule is CCN(CC)C(=O)CNC(=O)N[C@H]1CCc2cc(F)ccc21. The van der Waals surface area contributed by atoms with E-state index in [9.17, 15) is 14.0 Å². The number of rotatable bonds is 5. The van der Waals surface area contributed by atoms with Crippen molar-refractivity contribution in [2.45, 2.75) is 32.7 Å². The third-order valence-corrected chi connectivity index (χ3v) is 4.00. The fourth-order valence-corrected chi connectivity index (χ4v) is 2.79. The largest absolute Gasteiger partial charge is 0.342 e. The quantitative estimate of drug-likeness (QED) is 0.874. The van der Waals surface area contributed by atoms with Crippen LogP contribution in [0, 0.1) is 5.82 Å². The smallest absolute Gasteiger partial charge is 0.315 e. The Morgan fingerprint density at radius 2 is 2.05 bits per heavy atom. The minimum Gasteiger partial charge on any atom is -0.342 e. The molecular formula is C16H22FN3O2. The van der Waals surface area contributed by atoms with Crippen LogP contribution < -0.4 is 10.6 Å². The first-order valence-electron chi connectivity index (χ1n) is 7.65. The van der Waals surface area contributed by atoms with E-state index in [0.717, 1.165) is 24.0 Å². The molecule has 0 bridgehead atoms. The average Bonchev–Trinajstić information content (AvgIpc) is 2.88. The zero-order chi connectivity index (χ0) is 16.1. The van der Waals surface area contributed by atoms with E-state index in [-0.39, 0.29) is 30.3 Å². The molecule has 0 radical (unpaired) electrons. The molecule has 0 heterocycles. The molecule has 1 aliphatic rings. The molecule has 6 heteroatoms. The number of carbonyl (C=O) groups is 2. The van der Waals surface area contributed by atoms with Crippen LogP contribution in [0.15, 0.2) is 18.2 Å². The second kappa shape index (κ2) is 7.24. The van der Waals surface area contributed by atoms with Gasteiger partial charge in [0, 0.05) is 13.1 Å². The molecule has 1 aliphatic carbocycles. The van der Waals surface area contributed by atoms with Crippen LogP contribution in [0.25, 0.3) is 0 Å². The van der Waals surface area contributed by atoms with Crippen molar-refractivity contribution < 1.29 is 14.0 Å². The second-order valence-electron chi connectivity index (χ2n) is 5.33. The van der Waals surface area contributed by atoms with Crippen molar-refractivity contribution in [3.8, 4) is 0 Å². The number of halogens is 1. The molecule has 1 aromatic carbocycles. The first kappa shape index (κ1) is 16.3. The minimum absolute atomic E-state index is 0.0174. The minimum atomic E-state index is -0.373. The first-order valence-corrected chi connectivity index (χ1v) is 7.65.